The van der Waals surface area contributed by atoms with Gasteiger partial charge in [-0.25, -0.2) is 0 Å². The first-order valence-corrected chi connectivity index (χ1v) is 8.40. The van der Waals surface area contributed by atoms with Crippen LogP contribution in [0.4, 0.5) is 5.69 Å². The zero-order valence-corrected chi connectivity index (χ0v) is 14.2. The van der Waals surface area contributed by atoms with Crippen molar-refractivity contribution in [1.29, 1.82) is 0 Å². The van der Waals surface area contributed by atoms with Gasteiger partial charge in [0.05, 0.1) is 26.3 Å². The van der Waals surface area contributed by atoms with E-state index in [1.54, 1.807) is 6.07 Å². The van der Waals surface area contributed by atoms with Crippen LogP contribution in [-0.4, -0.2) is 37.7 Å². The van der Waals surface area contributed by atoms with Crippen molar-refractivity contribution in [2.75, 3.05) is 27.5 Å². The summed E-state index contributed by atoms with van der Waals surface area (Å²) >= 11 is 0. The lowest BCUT2D eigenvalue weighted by Gasteiger charge is -2.41. The SMILES string of the molecule is COc1cc2c(cc1O)CC[N+]1(C)c3cc4c(cc3[C@@H](O)[C@H]21)OCO4. The Morgan fingerprint density at radius 2 is 1.88 bits per heavy atom. The molecule has 2 aromatic rings. The molecule has 0 aliphatic carbocycles. The van der Waals surface area contributed by atoms with Crippen LogP contribution < -0.4 is 18.7 Å². The smallest absolute Gasteiger partial charge is 0.231 e. The molecule has 0 fully saturated rings. The Hall–Kier alpha value is -2.44. The van der Waals surface area contributed by atoms with Crippen molar-refractivity contribution in [3.05, 3.63) is 41.0 Å². The first kappa shape index (κ1) is 14.9. The van der Waals surface area contributed by atoms with E-state index < -0.39 is 6.10 Å². The molecule has 6 heteroatoms. The molecule has 1 unspecified atom stereocenters. The summed E-state index contributed by atoms with van der Waals surface area (Å²) in [7, 11) is 3.68. The van der Waals surface area contributed by atoms with Crippen LogP contribution in [0.1, 0.15) is 28.8 Å². The van der Waals surface area contributed by atoms with Gasteiger partial charge in [0.1, 0.15) is 11.8 Å². The molecule has 2 N–H and O–H groups in total. The molecule has 0 radical (unpaired) electrons. The molecule has 0 spiro atoms. The van der Waals surface area contributed by atoms with Gasteiger partial charge in [0, 0.05) is 18.1 Å². The topological polar surface area (TPSA) is 68.2 Å². The summed E-state index contributed by atoms with van der Waals surface area (Å²) in [5.41, 5.74) is 4.04. The summed E-state index contributed by atoms with van der Waals surface area (Å²) in [6.45, 7) is 1.06. The highest BCUT2D eigenvalue weighted by molar-refractivity contribution is 5.67. The predicted octanol–water partition coefficient (Wildman–Crippen LogP) is 2.41. The van der Waals surface area contributed by atoms with E-state index in [1.165, 1.54) is 7.11 Å². The van der Waals surface area contributed by atoms with Gasteiger partial charge in [-0.05, 0) is 23.8 Å². The molecule has 25 heavy (non-hydrogen) atoms. The Kier molecular flexibility index (Phi) is 2.86. The molecule has 0 amide bonds. The highest BCUT2D eigenvalue weighted by Gasteiger charge is 2.54. The van der Waals surface area contributed by atoms with Crippen LogP contribution >= 0.6 is 0 Å². The minimum absolute atomic E-state index is 0.142. The maximum atomic E-state index is 11.1. The molecule has 2 aromatic carbocycles. The van der Waals surface area contributed by atoms with Gasteiger partial charge in [-0.1, -0.05) is 0 Å². The Labute approximate surface area is 145 Å². The fourth-order valence-electron chi connectivity index (χ4n) is 4.63. The Balaban J connectivity index is 1.71. The quantitative estimate of drug-likeness (QED) is 0.779. The molecule has 0 saturated heterocycles. The number of methoxy groups -OCH3 is 1. The summed E-state index contributed by atoms with van der Waals surface area (Å²) in [5, 5.41) is 21.2. The maximum Gasteiger partial charge on any atom is 0.231 e. The van der Waals surface area contributed by atoms with Gasteiger partial charge in [-0.15, -0.1) is 0 Å². The van der Waals surface area contributed by atoms with Crippen molar-refractivity contribution >= 4 is 5.69 Å². The van der Waals surface area contributed by atoms with Crippen LogP contribution in [0.25, 0.3) is 0 Å². The highest BCUT2D eigenvalue weighted by Crippen LogP contribution is 2.58. The number of hydrogen-bond acceptors (Lipinski definition) is 5. The van der Waals surface area contributed by atoms with Crippen LogP contribution in [0.3, 0.4) is 0 Å². The average molecular weight is 342 g/mol. The molecule has 6 nitrogen and oxygen atoms in total. The van der Waals surface area contributed by atoms with Crippen molar-refractivity contribution in [2.45, 2.75) is 18.6 Å². The molecule has 0 saturated carbocycles. The zero-order valence-electron chi connectivity index (χ0n) is 14.2. The van der Waals surface area contributed by atoms with Gasteiger partial charge in [-0.3, -0.25) is 4.48 Å². The Bertz CT molecular complexity index is 896. The zero-order chi connectivity index (χ0) is 17.3. The molecular weight excluding hydrogens is 322 g/mol. The summed E-state index contributed by atoms with van der Waals surface area (Å²) < 4.78 is 16.9. The number of benzene rings is 2. The Morgan fingerprint density at radius 3 is 2.64 bits per heavy atom. The highest BCUT2D eigenvalue weighted by atomic mass is 16.7. The molecular formula is C19H20NO5+. The molecule has 3 aliphatic rings. The van der Waals surface area contributed by atoms with E-state index in [4.69, 9.17) is 14.2 Å². The number of likely N-dealkylation sites (N-methyl/N-ethyl adjacent to an activating group) is 1. The van der Waals surface area contributed by atoms with Crippen LogP contribution in [0.15, 0.2) is 24.3 Å². The summed E-state index contributed by atoms with van der Waals surface area (Å²) in [6.07, 6.45) is 0.170. The molecule has 0 aromatic heterocycles. The van der Waals surface area contributed by atoms with Gasteiger partial charge in [0.25, 0.3) is 0 Å². The fourth-order valence-corrected chi connectivity index (χ4v) is 4.63. The van der Waals surface area contributed by atoms with E-state index in [-0.39, 0.29) is 18.6 Å². The van der Waals surface area contributed by atoms with Gasteiger partial charge >= 0.3 is 0 Å². The van der Waals surface area contributed by atoms with Crippen LogP contribution in [-0.2, 0) is 6.42 Å². The second-order valence-corrected chi connectivity index (χ2v) is 7.12. The standard InChI is InChI=1S/C19H19NO5/c1-20-4-3-10-5-14(21)15(23-2)6-11(10)18(20)19(22)12-7-16-17(8-13(12)20)25-9-24-16/h5-8,18-19,22H,3-4,9H2,1-2H3/p+1/t18-,19+,20?/m0/s1. The van der Waals surface area contributed by atoms with Crippen molar-refractivity contribution in [3.63, 3.8) is 0 Å². The average Bonchev–Trinajstić information content (AvgIpc) is 3.14. The third-order valence-corrected chi connectivity index (χ3v) is 5.91. The summed E-state index contributed by atoms with van der Waals surface area (Å²) in [4.78, 5) is 0. The van der Waals surface area contributed by atoms with E-state index in [0.717, 1.165) is 41.1 Å². The lowest BCUT2D eigenvalue weighted by molar-refractivity contribution is 0.0849. The molecule has 0 bridgehead atoms. The van der Waals surface area contributed by atoms with E-state index in [1.807, 2.05) is 18.2 Å². The first-order valence-electron chi connectivity index (χ1n) is 8.40. The van der Waals surface area contributed by atoms with Gasteiger partial charge in [0.15, 0.2) is 29.0 Å². The lowest BCUT2D eigenvalue weighted by atomic mass is 9.88. The summed E-state index contributed by atoms with van der Waals surface area (Å²) in [5.74, 6) is 2.00. The number of rotatable bonds is 1. The third-order valence-electron chi connectivity index (χ3n) is 5.91. The van der Waals surface area contributed by atoms with E-state index in [9.17, 15) is 10.2 Å². The number of quaternary nitrogens is 1. The van der Waals surface area contributed by atoms with Crippen LogP contribution in [0.5, 0.6) is 23.0 Å². The number of aliphatic hydroxyl groups is 1. The lowest BCUT2D eigenvalue weighted by Crippen LogP contribution is -2.50. The number of fused-ring (bicyclic) bond motifs is 6. The molecule has 5 rings (SSSR count). The first-order chi connectivity index (χ1) is 12.0. The summed E-state index contributed by atoms with van der Waals surface area (Å²) in [6, 6.07) is 7.39. The minimum Gasteiger partial charge on any atom is -0.504 e. The molecule has 3 heterocycles. The number of phenols is 1. The van der Waals surface area contributed by atoms with Crippen molar-refractivity contribution in [3.8, 4) is 23.0 Å². The number of aliphatic hydroxyl groups excluding tert-OH is 1. The van der Waals surface area contributed by atoms with Crippen LogP contribution in [0, 0.1) is 0 Å². The minimum atomic E-state index is -0.650. The largest absolute Gasteiger partial charge is 0.504 e. The second-order valence-electron chi connectivity index (χ2n) is 7.12. The number of nitrogens with zero attached hydrogens (tertiary/aromatic N) is 1. The number of phenolic OH excluding ortho intramolecular Hbond substituents is 1. The van der Waals surface area contributed by atoms with Gasteiger partial charge in [-0.2, -0.15) is 0 Å². The number of aromatic hydroxyl groups is 1. The van der Waals surface area contributed by atoms with Crippen molar-refractivity contribution < 1.29 is 24.4 Å². The maximum absolute atomic E-state index is 11.1. The number of hydrogen-bond donors (Lipinski definition) is 2. The predicted molar refractivity (Wildman–Crippen MR) is 91.2 cm³/mol. The van der Waals surface area contributed by atoms with Crippen molar-refractivity contribution in [2.24, 2.45) is 0 Å². The normalized spacial score (nSPS) is 28.3. The molecule has 3 atom stereocenters. The second kappa shape index (κ2) is 4.80. The van der Waals surface area contributed by atoms with E-state index in [2.05, 4.69) is 7.05 Å². The van der Waals surface area contributed by atoms with Crippen molar-refractivity contribution in [1.82, 2.24) is 4.48 Å². The van der Waals surface area contributed by atoms with Crippen LogP contribution in [0.2, 0.25) is 0 Å². The van der Waals surface area contributed by atoms with E-state index in [0.29, 0.717) is 16.0 Å². The van der Waals surface area contributed by atoms with Gasteiger partial charge in [0.2, 0.25) is 6.79 Å². The van der Waals surface area contributed by atoms with Gasteiger partial charge < -0.3 is 24.4 Å². The Morgan fingerprint density at radius 1 is 1.12 bits per heavy atom. The monoisotopic (exact) mass is 342 g/mol. The third kappa shape index (κ3) is 1.81. The number of ether oxygens (including phenoxy) is 3. The molecule has 130 valence electrons. The van der Waals surface area contributed by atoms with E-state index >= 15 is 0 Å². The molecule has 3 aliphatic heterocycles. The fraction of sp³-hybridized carbons (Fsp3) is 0.368.